The molecule has 0 saturated heterocycles. The van der Waals surface area contributed by atoms with Crippen LogP contribution >= 0.6 is 8.58 Å². The Balaban J connectivity index is 2.03. The highest BCUT2D eigenvalue weighted by Crippen LogP contribution is 2.24. The zero-order valence-electron chi connectivity index (χ0n) is 15.9. The monoisotopic (exact) mass is 377 g/mol. The van der Waals surface area contributed by atoms with Gasteiger partial charge in [0.05, 0.1) is 5.71 Å². The summed E-state index contributed by atoms with van der Waals surface area (Å²) < 4.78 is 10.8. The zero-order valence-corrected chi connectivity index (χ0v) is 16.9. The van der Waals surface area contributed by atoms with E-state index < -0.39 is 0 Å². The third kappa shape index (κ3) is 4.63. The van der Waals surface area contributed by atoms with Crippen molar-refractivity contribution in [1.29, 1.82) is 0 Å². The summed E-state index contributed by atoms with van der Waals surface area (Å²) in [5.41, 5.74) is 4.56. The molecular weight excluding hydrogens is 353 g/mol. The van der Waals surface area contributed by atoms with Crippen LogP contribution in [0.4, 0.5) is 0 Å². The summed E-state index contributed by atoms with van der Waals surface area (Å²) >= 11 is 0. The first kappa shape index (κ1) is 19.3. The normalized spacial score (nSPS) is 11.9. The molecule has 0 aromatic heterocycles. The Bertz CT molecular complexity index is 923. The van der Waals surface area contributed by atoms with E-state index >= 15 is 0 Å². The van der Waals surface area contributed by atoms with E-state index in [0.29, 0.717) is 8.58 Å². The molecule has 3 aromatic rings. The number of hydrogen-bond acceptors (Lipinski definition) is 3. The van der Waals surface area contributed by atoms with Crippen molar-refractivity contribution in [2.75, 3.05) is 21.0 Å². The second-order valence-corrected chi connectivity index (χ2v) is 7.40. The molecule has 0 heterocycles. The highest BCUT2D eigenvalue weighted by Gasteiger charge is 2.15. The van der Waals surface area contributed by atoms with E-state index in [9.17, 15) is 0 Å². The molecular formula is C23H24NO2P. The number of aryl methyl sites for hydroxylation is 1. The molecule has 0 bridgehead atoms. The minimum absolute atomic E-state index is 0.244. The maximum atomic E-state index is 5.76. The number of aliphatic imine (C=N–C) groups is 1. The van der Waals surface area contributed by atoms with Gasteiger partial charge in [-0.05, 0) is 23.9 Å². The van der Waals surface area contributed by atoms with E-state index in [2.05, 4.69) is 48.3 Å². The van der Waals surface area contributed by atoms with Crippen LogP contribution in [0.5, 0.6) is 5.75 Å². The molecule has 0 fully saturated rings. The van der Waals surface area contributed by atoms with Crippen molar-refractivity contribution in [2.45, 2.75) is 6.92 Å². The highest BCUT2D eigenvalue weighted by atomic mass is 31.1. The molecule has 1 unspecified atom stereocenters. The van der Waals surface area contributed by atoms with Gasteiger partial charge in [-0.3, -0.25) is 4.99 Å². The lowest BCUT2D eigenvalue weighted by atomic mass is 10.0. The standard InChI is InChI=1S/C23H24NO2P/c1-17-10-9-13-19(22(24-2)18-11-5-4-6-12-18)23(17)27-21-15-8-7-14-20(21)26-16-25-3/h4-15,27H,16H2,1-3H3. The minimum Gasteiger partial charge on any atom is -0.467 e. The summed E-state index contributed by atoms with van der Waals surface area (Å²) in [4.78, 5) is 4.61. The predicted octanol–water partition coefficient (Wildman–Crippen LogP) is 4.07. The summed E-state index contributed by atoms with van der Waals surface area (Å²) in [5.74, 6) is 0.863. The number of rotatable bonds is 7. The number of methoxy groups -OCH3 is 1. The lowest BCUT2D eigenvalue weighted by Gasteiger charge is -2.17. The van der Waals surface area contributed by atoms with Crippen molar-refractivity contribution >= 4 is 24.9 Å². The van der Waals surface area contributed by atoms with Crippen molar-refractivity contribution in [1.82, 2.24) is 0 Å². The quantitative estimate of drug-likeness (QED) is 0.353. The Morgan fingerprint density at radius 1 is 0.926 bits per heavy atom. The van der Waals surface area contributed by atoms with E-state index in [1.54, 1.807) is 7.11 Å². The van der Waals surface area contributed by atoms with E-state index in [0.717, 1.165) is 22.3 Å². The topological polar surface area (TPSA) is 30.8 Å². The summed E-state index contributed by atoms with van der Waals surface area (Å²) in [6, 6.07) is 24.9. The molecule has 138 valence electrons. The van der Waals surface area contributed by atoms with E-state index in [4.69, 9.17) is 9.47 Å². The van der Waals surface area contributed by atoms with Gasteiger partial charge in [-0.2, -0.15) is 0 Å². The van der Waals surface area contributed by atoms with Crippen LogP contribution in [0.2, 0.25) is 0 Å². The van der Waals surface area contributed by atoms with E-state index in [1.165, 1.54) is 16.4 Å². The van der Waals surface area contributed by atoms with Crippen LogP contribution in [-0.2, 0) is 4.74 Å². The number of nitrogens with zero attached hydrogens (tertiary/aromatic N) is 1. The molecule has 27 heavy (non-hydrogen) atoms. The first-order chi connectivity index (χ1) is 13.2. The van der Waals surface area contributed by atoms with Crippen molar-refractivity contribution in [3.63, 3.8) is 0 Å². The molecule has 0 aliphatic rings. The molecule has 1 atom stereocenters. The molecule has 0 spiro atoms. The van der Waals surface area contributed by atoms with E-state index in [1.807, 2.05) is 43.4 Å². The van der Waals surface area contributed by atoms with Gasteiger partial charge in [0.15, 0.2) is 6.79 Å². The molecule has 3 nitrogen and oxygen atoms in total. The van der Waals surface area contributed by atoms with Crippen LogP contribution < -0.4 is 15.3 Å². The smallest absolute Gasteiger partial charge is 0.188 e. The van der Waals surface area contributed by atoms with Gasteiger partial charge in [-0.25, -0.2) is 0 Å². The van der Waals surface area contributed by atoms with Crippen molar-refractivity contribution in [3.05, 3.63) is 89.5 Å². The van der Waals surface area contributed by atoms with Crippen LogP contribution in [0.3, 0.4) is 0 Å². The van der Waals surface area contributed by atoms with Crippen molar-refractivity contribution in [3.8, 4) is 5.75 Å². The molecule has 0 amide bonds. The fourth-order valence-corrected chi connectivity index (χ4v) is 4.33. The predicted molar refractivity (Wildman–Crippen MR) is 116 cm³/mol. The summed E-state index contributed by atoms with van der Waals surface area (Å²) in [6.07, 6.45) is 0. The Morgan fingerprint density at radius 3 is 2.41 bits per heavy atom. The van der Waals surface area contributed by atoms with Crippen LogP contribution in [0.15, 0.2) is 77.8 Å². The largest absolute Gasteiger partial charge is 0.467 e. The van der Waals surface area contributed by atoms with Gasteiger partial charge in [0.2, 0.25) is 0 Å². The third-order valence-corrected chi connectivity index (χ3v) is 5.87. The first-order valence-electron chi connectivity index (χ1n) is 8.84. The summed E-state index contributed by atoms with van der Waals surface area (Å²) in [7, 11) is 3.95. The first-order valence-corrected chi connectivity index (χ1v) is 9.84. The molecule has 0 aliphatic heterocycles. The van der Waals surface area contributed by atoms with Crippen molar-refractivity contribution in [2.24, 2.45) is 4.99 Å². The zero-order chi connectivity index (χ0) is 19.1. The molecule has 4 heteroatoms. The molecule has 3 rings (SSSR count). The van der Waals surface area contributed by atoms with Gasteiger partial charge in [0.1, 0.15) is 5.75 Å². The number of benzene rings is 3. The third-order valence-electron chi connectivity index (χ3n) is 4.28. The maximum Gasteiger partial charge on any atom is 0.188 e. The Hall–Kier alpha value is -2.48. The van der Waals surface area contributed by atoms with Crippen LogP contribution in [-0.4, -0.2) is 26.7 Å². The average molecular weight is 377 g/mol. The Labute approximate surface area is 162 Å². The SMILES string of the molecule is CN=C(c1ccccc1)c1cccc(C)c1Pc1ccccc1OCOC. The summed E-state index contributed by atoms with van der Waals surface area (Å²) in [5, 5.41) is 2.45. The van der Waals surface area contributed by atoms with Crippen LogP contribution in [0.25, 0.3) is 0 Å². The van der Waals surface area contributed by atoms with Gasteiger partial charge < -0.3 is 9.47 Å². The van der Waals surface area contributed by atoms with Crippen LogP contribution in [0.1, 0.15) is 16.7 Å². The number of para-hydroxylation sites is 1. The number of hydrogen-bond donors (Lipinski definition) is 0. The molecule has 0 radical (unpaired) electrons. The van der Waals surface area contributed by atoms with Gasteiger partial charge >= 0.3 is 0 Å². The Morgan fingerprint density at radius 2 is 1.67 bits per heavy atom. The van der Waals surface area contributed by atoms with Crippen molar-refractivity contribution < 1.29 is 9.47 Å². The second kappa shape index (κ2) is 9.45. The molecule has 0 saturated carbocycles. The molecule has 0 aliphatic carbocycles. The second-order valence-electron chi connectivity index (χ2n) is 6.11. The molecule has 3 aromatic carbocycles. The fraction of sp³-hybridized carbons (Fsp3) is 0.174. The van der Waals surface area contributed by atoms with Gasteiger partial charge in [-0.1, -0.05) is 75.3 Å². The lowest BCUT2D eigenvalue weighted by Crippen LogP contribution is -2.19. The van der Waals surface area contributed by atoms with Crippen LogP contribution in [0, 0.1) is 6.92 Å². The lowest BCUT2D eigenvalue weighted by molar-refractivity contribution is 0.0519. The Kier molecular flexibility index (Phi) is 6.75. The average Bonchev–Trinajstić information content (AvgIpc) is 2.71. The number of ether oxygens (including phenoxy) is 2. The molecule has 0 N–H and O–H groups in total. The fourth-order valence-electron chi connectivity index (χ4n) is 2.98. The highest BCUT2D eigenvalue weighted by molar-refractivity contribution is 7.56. The summed E-state index contributed by atoms with van der Waals surface area (Å²) in [6.45, 7) is 2.40. The van der Waals surface area contributed by atoms with Gasteiger partial charge in [0, 0.05) is 30.6 Å². The van der Waals surface area contributed by atoms with Gasteiger partial charge in [-0.15, -0.1) is 0 Å². The van der Waals surface area contributed by atoms with E-state index in [-0.39, 0.29) is 6.79 Å². The minimum atomic E-state index is 0.244. The van der Waals surface area contributed by atoms with Gasteiger partial charge in [0.25, 0.3) is 0 Å². The maximum absolute atomic E-state index is 5.76.